The van der Waals surface area contributed by atoms with E-state index in [-0.39, 0.29) is 18.0 Å². The Morgan fingerprint density at radius 1 is 1.56 bits per heavy atom. The fourth-order valence-corrected chi connectivity index (χ4v) is 1.48. The monoisotopic (exact) mass is 241 g/mol. The second kappa shape index (κ2) is 4.94. The lowest BCUT2D eigenvalue weighted by atomic mass is 10.2. The van der Waals surface area contributed by atoms with Gasteiger partial charge in [-0.1, -0.05) is 11.6 Å². The van der Waals surface area contributed by atoms with Gasteiger partial charge < -0.3 is 10.6 Å². The normalized spacial score (nSPS) is 9.94. The minimum Gasteiger partial charge on any atom is -0.368 e. The Labute approximate surface area is 98.2 Å². The molecule has 0 bridgehead atoms. The lowest BCUT2D eigenvalue weighted by molar-refractivity contribution is -0.118. The first-order valence-electron chi connectivity index (χ1n) is 4.57. The molecule has 0 fully saturated rings. The van der Waals surface area contributed by atoms with Crippen molar-refractivity contribution >= 4 is 23.4 Å². The molecule has 2 N–H and O–H groups in total. The van der Waals surface area contributed by atoms with Crippen LogP contribution in [0.1, 0.15) is 16.1 Å². The van der Waals surface area contributed by atoms with E-state index in [0.717, 1.165) is 5.69 Å². The highest BCUT2D eigenvalue weighted by Gasteiger charge is 2.16. The maximum Gasteiger partial charge on any atom is 0.257 e. The Bertz CT molecular complexity index is 434. The number of likely N-dealkylation sites (N-methyl/N-ethyl adjacent to an activating group) is 1. The molecule has 1 heterocycles. The average Bonchev–Trinajstić information content (AvgIpc) is 2.15. The number of pyridine rings is 1. The molecule has 0 saturated heterocycles. The molecule has 0 aliphatic rings. The Kier molecular flexibility index (Phi) is 3.84. The molecule has 16 heavy (non-hydrogen) atoms. The molecule has 6 heteroatoms. The molecule has 0 atom stereocenters. The molecule has 2 amide bonds. The molecule has 0 spiro atoms. The number of carbonyl (C=O) groups is 2. The smallest absolute Gasteiger partial charge is 0.257 e. The molecule has 1 rings (SSSR count). The van der Waals surface area contributed by atoms with Crippen LogP contribution in [-0.4, -0.2) is 35.3 Å². The summed E-state index contributed by atoms with van der Waals surface area (Å²) in [5.74, 6) is -0.955. The summed E-state index contributed by atoms with van der Waals surface area (Å²) in [5.41, 5.74) is 5.97. The highest BCUT2D eigenvalue weighted by atomic mass is 35.5. The Morgan fingerprint density at radius 3 is 2.69 bits per heavy atom. The number of primary amides is 1. The molecule has 1 aromatic rings. The van der Waals surface area contributed by atoms with E-state index < -0.39 is 5.91 Å². The zero-order valence-electron chi connectivity index (χ0n) is 9.03. The molecule has 0 aliphatic heterocycles. The predicted molar refractivity (Wildman–Crippen MR) is 60.1 cm³/mol. The molecular formula is C10H12ClN3O2. The number of nitrogens with zero attached hydrogens (tertiary/aromatic N) is 2. The van der Waals surface area contributed by atoms with E-state index in [2.05, 4.69) is 4.98 Å². The molecule has 86 valence electrons. The number of hydrogen-bond donors (Lipinski definition) is 1. The number of nitrogens with two attached hydrogens (primary N) is 1. The lowest BCUT2D eigenvalue weighted by Crippen LogP contribution is -2.35. The van der Waals surface area contributed by atoms with Gasteiger partial charge in [0.1, 0.15) is 0 Å². The van der Waals surface area contributed by atoms with Crippen LogP contribution >= 0.6 is 11.6 Å². The summed E-state index contributed by atoms with van der Waals surface area (Å²) in [7, 11) is 1.48. The zero-order chi connectivity index (χ0) is 12.3. The summed E-state index contributed by atoms with van der Waals surface area (Å²) in [6.07, 6.45) is 1.39. The van der Waals surface area contributed by atoms with Crippen LogP contribution in [0.4, 0.5) is 0 Å². The van der Waals surface area contributed by atoms with Crippen LogP contribution in [0.5, 0.6) is 0 Å². The van der Waals surface area contributed by atoms with Crippen molar-refractivity contribution in [2.45, 2.75) is 6.92 Å². The Hall–Kier alpha value is -1.62. The van der Waals surface area contributed by atoms with Crippen LogP contribution in [0.3, 0.4) is 0 Å². The second-order valence-electron chi connectivity index (χ2n) is 3.43. The van der Waals surface area contributed by atoms with Gasteiger partial charge in [-0.2, -0.15) is 0 Å². The van der Waals surface area contributed by atoms with Gasteiger partial charge in [-0.15, -0.1) is 0 Å². The minimum absolute atomic E-state index is 0.150. The summed E-state index contributed by atoms with van der Waals surface area (Å²) in [5, 5.41) is 0.314. The van der Waals surface area contributed by atoms with E-state index in [1.807, 2.05) is 0 Å². The van der Waals surface area contributed by atoms with Crippen molar-refractivity contribution < 1.29 is 9.59 Å². The number of rotatable bonds is 3. The van der Waals surface area contributed by atoms with Gasteiger partial charge >= 0.3 is 0 Å². The topological polar surface area (TPSA) is 76.3 Å². The van der Waals surface area contributed by atoms with Crippen LogP contribution in [-0.2, 0) is 4.79 Å². The number of halogens is 1. The van der Waals surface area contributed by atoms with Gasteiger partial charge in [0.25, 0.3) is 5.91 Å². The van der Waals surface area contributed by atoms with Crippen LogP contribution in [0.15, 0.2) is 12.3 Å². The van der Waals surface area contributed by atoms with Gasteiger partial charge in [0.15, 0.2) is 0 Å². The number of aromatic nitrogens is 1. The molecule has 0 unspecified atom stereocenters. The van der Waals surface area contributed by atoms with E-state index in [4.69, 9.17) is 17.3 Å². The summed E-state index contributed by atoms with van der Waals surface area (Å²) in [4.78, 5) is 27.6. The van der Waals surface area contributed by atoms with Crippen molar-refractivity contribution in [2.75, 3.05) is 13.6 Å². The molecule has 0 aromatic carbocycles. The standard InChI is InChI=1S/C10H12ClN3O2/c1-6-3-8(11)7(4-13-6)10(16)14(2)5-9(12)15/h3-4H,5H2,1-2H3,(H2,12,15). The Morgan fingerprint density at radius 2 is 2.19 bits per heavy atom. The van der Waals surface area contributed by atoms with E-state index in [9.17, 15) is 9.59 Å². The number of carbonyl (C=O) groups excluding carboxylic acids is 2. The minimum atomic E-state index is -0.577. The van der Waals surface area contributed by atoms with Gasteiger partial charge in [0.05, 0.1) is 17.1 Å². The highest BCUT2D eigenvalue weighted by molar-refractivity contribution is 6.33. The second-order valence-corrected chi connectivity index (χ2v) is 3.84. The third-order valence-electron chi connectivity index (χ3n) is 1.96. The third-order valence-corrected chi connectivity index (χ3v) is 2.27. The summed E-state index contributed by atoms with van der Waals surface area (Å²) in [6.45, 7) is 1.62. The highest BCUT2D eigenvalue weighted by Crippen LogP contribution is 2.17. The number of aryl methyl sites for hydroxylation is 1. The van der Waals surface area contributed by atoms with Crippen LogP contribution in [0.25, 0.3) is 0 Å². The molecule has 5 nitrogen and oxygen atoms in total. The molecule has 0 aliphatic carbocycles. The fourth-order valence-electron chi connectivity index (χ4n) is 1.20. The van der Waals surface area contributed by atoms with E-state index in [0.29, 0.717) is 5.02 Å². The van der Waals surface area contributed by atoms with Gasteiger partial charge in [-0.25, -0.2) is 0 Å². The van der Waals surface area contributed by atoms with Gasteiger partial charge in [0.2, 0.25) is 5.91 Å². The van der Waals surface area contributed by atoms with Crippen molar-refractivity contribution in [3.8, 4) is 0 Å². The third kappa shape index (κ3) is 2.93. The van der Waals surface area contributed by atoms with Crippen molar-refractivity contribution in [1.29, 1.82) is 0 Å². The zero-order valence-corrected chi connectivity index (χ0v) is 9.78. The maximum atomic E-state index is 11.8. The fraction of sp³-hybridized carbons (Fsp3) is 0.300. The summed E-state index contributed by atoms with van der Waals surface area (Å²) >= 11 is 5.90. The van der Waals surface area contributed by atoms with Gasteiger partial charge in [-0.3, -0.25) is 14.6 Å². The number of amides is 2. The van der Waals surface area contributed by atoms with E-state index in [1.165, 1.54) is 18.1 Å². The quantitative estimate of drug-likeness (QED) is 0.842. The first-order valence-corrected chi connectivity index (χ1v) is 4.95. The average molecular weight is 242 g/mol. The van der Waals surface area contributed by atoms with Crippen LogP contribution in [0, 0.1) is 6.92 Å². The summed E-state index contributed by atoms with van der Waals surface area (Å²) in [6, 6.07) is 1.59. The number of hydrogen-bond acceptors (Lipinski definition) is 3. The molecule has 0 radical (unpaired) electrons. The SMILES string of the molecule is Cc1cc(Cl)c(C(=O)N(C)CC(N)=O)cn1. The van der Waals surface area contributed by atoms with Gasteiger partial charge in [-0.05, 0) is 13.0 Å². The largest absolute Gasteiger partial charge is 0.368 e. The van der Waals surface area contributed by atoms with Gasteiger partial charge in [0, 0.05) is 18.9 Å². The molecular weight excluding hydrogens is 230 g/mol. The predicted octanol–water partition coefficient (Wildman–Crippen LogP) is 0.601. The van der Waals surface area contributed by atoms with Crippen LogP contribution in [0.2, 0.25) is 5.02 Å². The maximum absolute atomic E-state index is 11.8. The Balaban J connectivity index is 2.92. The first-order chi connectivity index (χ1) is 7.41. The first kappa shape index (κ1) is 12.4. The van der Waals surface area contributed by atoms with Crippen molar-refractivity contribution in [3.63, 3.8) is 0 Å². The van der Waals surface area contributed by atoms with Crippen molar-refractivity contribution in [3.05, 3.63) is 28.5 Å². The summed E-state index contributed by atoms with van der Waals surface area (Å²) < 4.78 is 0. The van der Waals surface area contributed by atoms with E-state index in [1.54, 1.807) is 13.0 Å². The lowest BCUT2D eigenvalue weighted by Gasteiger charge is -2.15. The van der Waals surface area contributed by atoms with Crippen molar-refractivity contribution in [1.82, 2.24) is 9.88 Å². The molecule has 1 aromatic heterocycles. The molecule has 0 saturated carbocycles. The van der Waals surface area contributed by atoms with E-state index >= 15 is 0 Å². The van der Waals surface area contributed by atoms with Crippen molar-refractivity contribution in [2.24, 2.45) is 5.73 Å². The van der Waals surface area contributed by atoms with Crippen LogP contribution < -0.4 is 5.73 Å².